The Morgan fingerprint density at radius 1 is 1.00 bits per heavy atom. The number of aryl methyl sites for hydroxylation is 1. The number of aromatic nitrogens is 2. The lowest BCUT2D eigenvalue weighted by Gasteiger charge is -2.09. The Balaban J connectivity index is 1.57. The highest BCUT2D eigenvalue weighted by Crippen LogP contribution is 2.23. The van der Waals surface area contributed by atoms with Crippen LogP contribution in [0.15, 0.2) is 66.7 Å². The number of amides is 1. The number of carbonyl (C=O) groups is 1. The molecule has 4 rings (SSSR count). The van der Waals surface area contributed by atoms with E-state index in [1.54, 1.807) is 7.11 Å². The van der Waals surface area contributed by atoms with Gasteiger partial charge in [0.2, 0.25) is 0 Å². The van der Waals surface area contributed by atoms with Crippen molar-refractivity contribution in [3.63, 3.8) is 0 Å². The Hall–Kier alpha value is -3.60. The van der Waals surface area contributed by atoms with Gasteiger partial charge in [-0.05, 0) is 54.4 Å². The highest BCUT2D eigenvalue weighted by Gasteiger charge is 2.16. The number of rotatable bonds is 5. The summed E-state index contributed by atoms with van der Waals surface area (Å²) < 4.78 is 7.20. The van der Waals surface area contributed by atoms with E-state index in [4.69, 9.17) is 4.74 Å². The molecule has 1 aromatic heterocycles. The van der Waals surface area contributed by atoms with Gasteiger partial charge in [0.1, 0.15) is 5.75 Å². The summed E-state index contributed by atoms with van der Waals surface area (Å²) in [5.74, 6) is 0.678. The number of hydrogen-bond donors (Lipinski definition) is 1. The number of nitrogens with one attached hydrogen (secondary N) is 1. The van der Waals surface area contributed by atoms with Crippen molar-refractivity contribution in [3.05, 3.63) is 89.2 Å². The van der Waals surface area contributed by atoms with Gasteiger partial charge in [-0.3, -0.25) is 9.48 Å². The quantitative estimate of drug-likeness (QED) is 0.528. The molecular weight excluding hydrogens is 362 g/mol. The zero-order valence-corrected chi connectivity index (χ0v) is 16.8. The normalized spacial score (nSPS) is 10.9. The Bertz CT molecular complexity index is 1190. The van der Waals surface area contributed by atoms with E-state index in [-0.39, 0.29) is 5.91 Å². The zero-order valence-electron chi connectivity index (χ0n) is 16.8. The minimum Gasteiger partial charge on any atom is -0.497 e. The number of nitrogens with zero attached hydrogens (tertiary/aromatic N) is 2. The number of hydrogen-bond acceptors (Lipinski definition) is 3. The standard InChI is InChI=1S/C24H23N3O2/c1-16-23(17(2)27(26-16)15-18-7-6-10-22(13-18)29-3)25-24(28)21-12-11-19-8-4-5-9-20(19)14-21/h4-14H,15H2,1-3H3,(H,25,28). The highest BCUT2D eigenvalue weighted by atomic mass is 16.5. The monoisotopic (exact) mass is 385 g/mol. The first kappa shape index (κ1) is 18.7. The van der Waals surface area contributed by atoms with E-state index >= 15 is 0 Å². The average Bonchev–Trinajstić information content (AvgIpc) is 3.00. The van der Waals surface area contributed by atoms with Crippen molar-refractivity contribution in [3.8, 4) is 5.75 Å². The summed E-state index contributed by atoms with van der Waals surface area (Å²) in [7, 11) is 1.66. The van der Waals surface area contributed by atoms with Crippen LogP contribution >= 0.6 is 0 Å². The summed E-state index contributed by atoms with van der Waals surface area (Å²) in [6.07, 6.45) is 0. The highest BCUT2D eigenvalue weighted by molar-refractivity contribution is 6.07. The smallest absolute Gasteiger partial charge is 0.255 e. The van der Waals surface area contributed by atoms with Crippen LogP contribution in [-0.2, 0) is 6.54 Å². The molecule has 0 unspecified atom stereocenters. The first-order chi connectivity index (χ1) is 14.0. The summed E-state index contributed by atoms with van der Waals surface area (Å²) in [6, 6.07) is 21.6. The fourth-order valence-corrected chi connectivity index (χ4v) is 3.49. The van der Waals surface area contributed by atoms with Crippen LogP contribution in [0.3, 0.4) is 0 Å². The van der Waals surface area contributed by atoms with Crippen molar-refractivity contribution in [1.29, 1.82) is 0 Å². The van der Waals surface area contributed by atoms with Gasteiger partial charge in [0.25, 0.3) is 5.91 Å². The van der Waals surface area contributed by atoms with Crippen LogP contribution < -0.4 is 10.1 Å². The molecule has 1 amide bonds. The van der Waals surface area contributed by atoms with E-state index in [9.17, 15) is 4.79 Å². The fourth-order valence-electron chi connectivity index (χ4n) is 3.49. The second kappa shape index (κ2) is 7.80. The topological polar surface area (TPSA) is 56.1 Å². The third kappa shape index (κ3) is 3.85. The number of methoxy groups -OCH3 is 1. The van der Waals surface area contributed by atoms with Crippen molar-refractivity contribution in [2.24, 2.45) is 0 Å². The zero-order chi connectivity index (χ0) is 20.4. The van der Waals surface area contributed by atoms with Gasteiger partial charge >= 0.3 is 0 Å². The van der Waals surface area contributed by atoms with Crippen LogP contribution in [0.4, 0.5) is 5.69 Å². The SMILES string of the molecule is COc1cccc(Cn2nc(C)c(NC(=O)c3ccc4ccccc4c3)c2C)c1. The molecule has 0 atom stereocenters. The lowest BCUT2D eigenvalue weighted by Crippen LogP contribution is -2.13. The molecule has 0 bridgehead atoms. The van der Waals surface area contributed by atoms with Crippen molar-refractivity contribution in [2.45, 2.75) is 20.4 Å². The molecule has 0 saturated carbocycles. The van der Waals surface area contributed by atoms with E-state index in [1.807, 2.05) is 85.3 Å². The summed E-state index contributed by atoms with van der Waals surface area (Å²) in [5.41, 5.74) is 4.18. The molecule has 146 valence electrons. The number of carbonyl (C=O) groups excluding carboxylic acids is 1. The molecule has 1 N–H and O–H groups in total. The van der Waals surface area contributed by atoms with Crippen molar-refractivity contribution in [1.82, 2.24) is 9.78 Å². The molecule has 0 aliphatic rings. The van der Waals surface area contributed by atoms with Crippen molar-refractivity contribution < 1.29 is 9.53 Å². The van der Waals surface area contributed by atoms with Crippen LogP contribution in [0.5, 0.6) is 5.75 Å². The number of benzene rings is 3. The Morgan fingerprint density at radius 2 is 1.79 bits per heavy atom. The molecule has 0 aliphatic carbocycles. The molecule has 0 radical (unpaired) electrons. The molecule has 5 heteroatoms. The molecule has 0 fully saturated rings. The minimum atomic E-state index is -0.136. The summed E-state index contributed by atoms with van der Waals surface area (Å²) in [5, 5.41) is 9.82. The van der Waals surface area contributed by atoms with Crippen LogP contribution in [0.2, 0.25) is 0 Å². The average molecular weight is 385 g/mol. The lowest BCUT2D eigenvalue weighted by molar-refractivity contribution is 0.102. The first-order valence-electron chi connectivity index (χ1n) is 9.52. The summed E-state index contributed by atoms with van der Waals surface area (Å²) in [4.78, 5) is 12.8. The van der Waals surface area contributed by atoms with E-state index in [1.165, 1.54) is 0 Å². The Labute approximate surface area is 169 Å². The molecule has 0 aliphatic heterocycles. The van der Waals surface area contributed by atoms with Crippen LogP contribution in [0.25, 0.3) is 10.8 Å². The largest absolute Gasteiger partial charge is 0.497 e. The van der Waals surface area contributed by atoms with Crippen LogP contribution in [-0.4, -0.2) is 22.8 Å². The summed E-state index contributed by atoms with van der Waals surface area (Å²) in [6.45, 7) is 4.48. The first-order valence-corrected chi connectivity index (χ1v) is 9.52. The molecule has 4 aromatic rings. The van der Waals surface area contributed by atoms with Gasteiger partial charge in [-0.25, -0.2) is 0 Å². The second-order valence-electron chi connectivity index (χ2n) is 7.07. The van der Waals surface area contributed by atoms with Crippen LogP contribution in [0, 0.1) is 13.8 Å². The van der Waals surface area contributed by atoms with Crippen LogP contribution in [0.1, 0.15) is 27.3 Å². The molecule has 1 heterocycles. The number of ether oxygens (including phenoxy) is 1. The maximum atomic E-state index is 12.8. The molecule has 5 nitrogen and oxygen atoms in total. The molecule has 3 aromatic carbocycles. The maximum Gasteiger partial charge on any atom is 0.255 e. The van der Waals surface area contributed by atoms with Gasteiger partial charge in [-0.15, -0.1) is 0 Å². The van der Waals surface area contributed by atoms with E-state index < -0.39 is 0 Å². The molecule has 0 spiro atoms. The van der Waals surface area contributed by atoms with Gasteiger partial charge in [-0.1, -0.05) is 42.5 Å². The summed E-state index contributed by atoms with van der Waals surface area (Å²) >= 11 is 0. The predicted molar refractivity (Wildman–Crippen MR) is 116 cm³/mol. The maximum absolute atomic E-state index is 12.8. The van der Waals surface area contributed by atoms with Gasteiger partial charge in [0, 0.05) is 5.56 Å². The van der Waals surface area contributed by atoms with E-state index in [2.05, 4.69) is 10.4 Å². The molecule has 0 saturated heterocycles. The van der Waals surface area contributed by atoms with Gasteiger partial charge in [-0.2, -0.15) is 5.10 Å². The molecule has 29 heavy (non-hydrogen) atoms. The van der Waals surface area contributed by atoms with Gasteiger partial charge in [0.05, 0.1) is 30.7 Å². The number of anilines is 1. The van der Waals surface area contributed by atoms with Gasteiger partial charge in [0.15, 0.2) is 0 Å². The Morgan fingerprint density at radius 3 is 2.59 bits per heavy atom. The lowest BCUT2D eigenvalue weighted by atomic mass is 10.1. The number of fused-ring (bicyclic) bond motifs is 1. The third-order valence-corrected chi connectivity index (χ3v) is 5.10. The predicted octanol–water partition coefficient (Wildman–Crippen LogP) is 4.96. The fraction of sp³-hybridized carbons (Fsp3) is 0.167. The van der Waals surface area contributed by atoms with E-state index in [0.29, 0.717) is 12.1 Å². The minimum absolute atomic E-state index is 0.136. The molecular formula is C24H23N3O2. The van der Waals surface area contributed by atoms with Crippen molar-refractivity contribution in [2.75, 3.05) is 12.4 Å². The Kier molecular flexibility index (Phi) is 5.04. The van der Waals surface area contributed by atoms with E-state index in [0.717, 1.165) is 39.2 Å². The van der Waals surface area contributed by atoms with Gasteiger partial charge < -0.3 is 10.1 Å². The van der Waals surface area contributed by atoms with Crippen molar-refractivity contribution >= 4 is 22.4 Å². The third-order valence-electron chi connectivity index (χ3n) is 5.10. The second-order valence-corrected chi connectivity index (χ2v) is 7.07.